The molecule has 0 radical (unpaired) electrons. The second kappa shape index (κ2) is 6.67. The lowest BCUT2D eigenvalue weighted by atomic mass is 9.93. The third-order valence-corrected chi connectivity index (χ3v) is 4.16. The normalized spacial score (nSPS) is 11.9. The Kier molecular flexibility index (Phi) is 4.43. The topological polar surface area (TPSA) is 39.2 Å². The number of hydrogen-bond donors (Lipinski definition) is 0. The zero-order chi connectivity index (χ0) is 17.1. The Morgan fingerprint density at radius 1 is 1.08 bits per heavy atom. The molecule has 0 fully saturated rings. The largest absolute Gasteiger partial charge is 0.465 e. The van der Waals surface area contributed by atoms with E-state index in [0.29, 0.717) is 11.3 Å². The third-order valence-electron chi connectivity index (χ3n) is 4.16. The van der Waals surface area contributed by atoms with E-state index in [0.717, 1.165) is 22.0 Å². The summed E-state index contributed by atoms with van der Waals surface area (Å²) < 4.78 is 5.01. The molecule has 0 N–H and O–H groups in total. The highest BCUT2D eigenvalue weighted by atomic mass is 16.5. The summed E-state index contributed by atoms with van der Waals surface area (Å²) in [6.07, 6.45) is 1.79. The number of rotatable bonds is 4. The van der Waals surface area contributed by atoms with E-state index in [2.05, 4.69) is 6.58 Å². The van der Waals surface area contributed by atoms with Crippen molar-refractivity contribution in [1.82, 2.24) is 4.98 Å². The Morgan fingerprint density at radius 2 is 1.71 bits per heavy atom. The summed E-state index contributed by atoms with van der Waals surface area (Å²) >= 11 is 0. The number of allylic oxidation sites excluding steroid dienone is 1. The molecule has 0 bridgehead atoms. The number of fused-ring (bicyclic) bond motifs is 1. The van der Waals surface area contributed by atoms with Crippen molar-refractivity contribution >= 4 is 16.7 Å². The second-order valence-electron chi connectivity index (χ2n) is 5.65. The van der Waals surface area contributed by atoms with Crippen molar-refractivity contribution in [3.63, 3.8) is 0 Å². The molecule has 0 saturated carbocycles. The first-order valence-electron chi connectivity index (χ1n) is 7.86. The van der Waals surface area contributed by atoms with E-state index in [-0.39, 0.29) is 11.9 Å². The van der Waals surface area contributed by atoms with Crippen LogP contribution in [0.5, 0.6) is 0 Å². The van der Waals surface area contributed by atoms with Crippen molar-refractivity contribution in [2.45, 2.75) is 12.8 Å². The SMILES string of the molecule is C=CC(C)c1nc(-c2ccccc2)c2ccccc2c1C(=O)OC. The fourth-order valence-electron chi connectivity index (χ4n) is 2.86. The van der Waals surface area contributed by atoms with E-state index in [1.807, 2.05) is 61.5 Å². The average Bonchev–Trinajstić information content (AvgIpc) is 2.66. The lowest BCUT2D eigenvalue weighted by Gasteiger charge is -2.17. The van der Waals surface area contributed by atoms with Gasteiger partial charge in [-0.3, -0.25) is 4.98 Å². The van der Waals surface area contributed by atoms with Crippen LogP contribution in [0.1, 0.15) is 28.9 Å². The van der Waals surface area contributed by atoms with Gasteiger partial charge in [0.15, 0.2) is 0 Å². The Bertz CT molecular complexity index is 900. The van der Waals surface area contributed by atoms with Crippen LogP contribution < -0.4 is 0 Å². The molecule has 1 atom stereocenters. The van der Waals surface area contributed by atoms with Gasteiger partial charge in [0.05, 0.1) is 24.1 Å². The van der Waals surface area contributed by atoms with Crippen LogP contribution in [0.4, 0.5) is 0 Å². The first-order valence-corrected chi connectivity index (χ1v) is 7.86. The summed E-state index contributed by atoms with van der Waals surface area (Å²) in [5.74, 6) is -0.437. The monoisotopic (exact) mass is 317 g/mol. The highest BCUT2D eigenvalue weighted by Gasteiger charge is 2.22. The summed E-state index contributed by atoms with van der Waals surface area (Å²) in [5, 5.41) is 1.78. The number of benzene rings is 2. The van der Waals surface area contributed by atoms with Crippen molar-refractivity contribution in [2.75, 3.05) is 7.11 Å². The Morgan fingerprint density at radius 3 is 2.33 bits per heavy atom. The number of aromatic nitrogens is 1. The number of carbonyl (C=O) groups excluding carboxylic acids is 1. The van der Waals surface area contributed by atoms with Gasteiger partial charge in [-0.1, -0.05) is 67.6 Å². The van der Waals surface area contributed by atoms with Crippen LogP contribution in [0.3, 0.4) is 0 Å². The predicted octanol–water partition coefficient (Wildman–Crippen LogP) is 4.98. The van der Waals surface area contributed by atoms with Gasteiger partial charge in [-0.2, -0.15) is 0 Å². The first kappa shape index (κ1) is 15.9. The van der Waals surface area contributed by atoms with Gasteiger partial charge in [0, 0.05) is 22.3 Å². The highest BCUT2D eigenvalue weighted by molar-refractivity contribution is 6.09. The molecule has 0 aliphatic carbocycles. The number of ether oxygens (including phenoxy) is 1. The summed E-state index contributed by atoms with van der Waals surface area (Å²) in [6.45, 7) is 5.83. The predicted molar refractivity (Wildman–Crippen MR) is 97.1 cm³/mol. The van der Waals surface area contributed by atoms with Crippen LogP contribution in [0.2, 0.25) is 0 Å². The van der Waals surface area contributed by atoms with Crippen molar-refractivity contribution in [3.8, 4) is 11.3 Å². The number of hydrogen-bond acceptors (Lipinski definition) is 3. The number of methoxy groups -OCH3 is 1. The molecular formula is C21H19NO2. The second-order valence-corrected chi connectivity index (χ2v) is 5.65. The van der Waals surface area contributed by atoms with Crippen molar-refractivity contribution < 1.29 is 9.53 Å². The van der Waals surface area contributed by atoms with Gasteiger partial charge >= 0.3 is 5.97 Å². The van der Waals surface area contributed by atoms with E-state index in [1.165, 1.54) is 7.11 Å². The van der Waals surface area contributed by atoms with E-state index in [4.69, 9.17) is 9.72 Å². The summed E-state index contributed by atoms with van der Waals surface area (Å²) in [5.41, 5.74) is 3.08. The van der Waals surface area contributed by atoms with Gasteiger partial charge in [-0.15, -0.1) is 6.58 Å². The van der Waals surface area contributed by atoms with Crippen molar-refractivity contribution in [3.05, 3.63) is 78.5 Å². The zero-order valence-electron chi connectivity index (χ0n) is 13.8. The van der Waals surface area contributed by atoms with Gasteiger partial charge < -0.3 is 4.74 Å². The molecule has 0 saturated heterocycles. The molecular weight excluding hydrogens is 298 g/mol. The molecule has 3 aromatic rings. The van der Waals surface area contributed by atoms with Crippen molar-refractivity contribution in [2.24, 2.45) is 0 Å². The summed E-state index contributed by atoms with van der Waals surface area (Å²) in [6, 6.07) is 17.8. The fraction of sp³-hybridized carbons (Fsp3) is 0.143. The smallest absolute Gasteiger partial charge is 0.340 e. The van der Waals surface area contributed by atoms with Gasteiger partial charge in [0.1, 0.15) is 0 Å². The van der Waals surface area contributed by atoms with Crippen LogP contribution in [0.15, 0.2) is 67.3 Å². The Labute approximate surface area is 141 Å². The van der Waals surface area contributed by atoms with Gasteiger partial charge in [-0.05, 0) is 0 Å². The maximum Gasteiger partial charge on any atom is 0.340 e. The van der Waals surface area contributed by atoms with Crippen LogP contribution in [0, 0.1) is 0 Å². The zero-order valence-corrected chi connectivity index (χ0v) is 13.8. The number of esters is 1. The van der Waals surface area contributed by atoms with E-state index >= 15 is 0 Å². The van der Waals surface area contributed by atoms with Gasteiger partial charge in [0.25, 0.3) is 0 Å². The number of nitrogens with zero attached hydrogens (tertiary/aromatic N) is 1. The minimum absolute atomic E-state index is 0.0637. The molecule has 0 aliphatic heterocycles. The molecule has 0 amide bonds. The average molecular weight is 317 g/mol. The molecule has 3 rings (SSSR count). The van der Waals surface area contributed by atoms with Gasteiger partial charge in [0.2, 0.25) is 0 Å². The molecule has 24 heavy (non-hydrogen) atoms. The van der Waals surface area contributed by atoms with E-state index in [1.54, 1.807) is 6.08 Å². The lowest BCUT2D eigenvalue weighted by molar-refractivity contribution is 0.0601. The fourth-order valence-corrected chi connectivity index (χ4v) is 2.86. The Balaban J connectivity index is 2.43. The molecule has 0 aliphatic rings. The van der Waals surface area contributed by atoms with Gasteiger partial charge in [-0.25, -0.2) is 4.79 Å². The lowest BCUT2D eigenvalue weighted by Crippen LogP contribution is -2.11. The molecule has 0 spiro atoms. The molecule has 3 heteroatoms. The third kappa shape index (κ3) is 2.69. The number of pyridine rings is 1. The Hall–Kier alpha value is -2.94. The van der Waals surface area contributed by atoms with Crippen LogP contribution >= 0.6 is 0 Å². The van der Waals surface area contributed by atoms with E-state index < -0.39 is 0 Å². The van der Waals surface area contributed by atoms with Crippen LogP contribution in [0.25, 0.3) is 22.0 Å². The number of carbonyl (C=O) groups is 1. The molecule has 1 heterocycles. The minimum atomic E-state index is -0.373. The molecule has 1 unspecified atom stereocenters. The maximum atomic E-state index is 12.4. The van der Waals surface area contributed by atoms with Crippen LogP contribution in [-0.4, -0.2) is 18.1 Å². The standard InChI is InChI=1S/C21H19NO2/c1-4-14(2)19-18(21(23)24-3)16-12-8-9-13-17(16)20(22-19)15-10-6-5-7-11-15/h4-14H,1H2,2-3H3. The van der Waals surface area contributed by atoms with E-state index in [9.17, 15) is 4.79 Å². The highest BCUT2D eigenvalue weighted by Crippen LogP contribution is 2.34. The van der Waals surface area contributed by atoms with Crippen molar-refractivity contribution in [1.29, 1.82) is 0 Å². The molecule has 3 nitrogen and oxygen atoms in total. The molecule has 2 aromatic carbocycles. The summed E-state index contributed by atoms with van der Waals surface area (Å²) in [4.78, 5) is 17.3. The maximum absolute atomic E-state index is 12.4. The van der Waals surface area contributed by atoms with Crippen LogP contribution in [-0.2, 0) is 4.74 Å². The molecule has 1 aromatic heterocycles. The molecule has 120 valence electrons. The minimum Gasteiger partial charge on any atom is -0.465 e. The summed E-state index contributed by atoms with van der Waals surface area (Å²) in [7, 11) is 1.39. The first-order chi connectivity index (χ1) is 11.7. The quantitative estimate of drug-likeness (QED) is 0.503.